The van der Waals surface area contributed by atoms with Crippen LogP contribution in [0.1, 0.15) is 43.1 Å². The second-order valence-electron chi connectivity index (χ2n) is 5.83. The fourth-order valence-corrected chi connectivity index (χ4v) is 2.92. The van der Waals surface area contributed by atoms with E-state index < -0.39 is 11.7 Å². The van der Waals surface area contributed by atoms with E-state index in [1.165, 1.54) is 0 Å². The minimum absolute atomic E-state index is 0.502. The van der Waals surface area contributed by atoms with Crippen molar-refractivity contribution >= 4 is 15.9 Å². The fourth-order valence-electron chi connectivity index (χ4n) is 2.51. The van der Waals surface area contributed by atoms with Gasteiger partial charge in [-0.1, -0.05) is 52.3 Å². The van der Waals surface area contributed by atoms with Gasteiger partial charge in [0.1, 0.15) is 0 Å². The zero-order valence-electron chi connectivity index (χ0n) is 12.4. The van der Waals surface area contributed by atoms with Crippen molar-refractivity contribution in [2.75, 3.05) is 0 Å². The lowest BCUT2D eigenvalue weighted by atomic mass is 9.90. The molecule has 0 aromatic heterocycles. The summed E-state index contributed by atoms with van der Waals surface area (Å²) in [5.41, 5.74) is 2.05. The average molecular weight is 349 g/mol. The number of aryl methyl sites for hydroxylation is 1. The van der Waals surface area contributed by atoms with E-state index in [2.05, 4.69) is 15.9 Å². The Labute approximate surface area is 134 Å². The summed E-state index contributed by atoms with van der Waals surface area (Å²) in [5.74, 6) is 0. The first-order valence-corrected chi connectivity index (χ1v) is 7.91. The van der Waals surface area contributed by atoms with E-state index >= 15 is 0 Å². The Morgan fingerprint density at radius 2 is 1.81 bits per heavy atom. The summed E-state index contributed by atoms with van der Waals surface area (Å²) in [6.07, 6.45) is 0.856. The predicted molar refractivity (Wildman–Crippen MR) is 89.1 cm³/mol. The normalized spacial score (nSPS) is 13.2. The van der Waals surface area contributed by atoms with Crippen LogP contribution in [-0.2, 0) is 12.0 Å². The van der Waals surface area contributed by atoms with Gasteiger partial charge in [0.25, 0.3) is 0 Å². The third-order valence-electron chi connectivity index (χ3n) is 3.60. The number of halogens is 1. The molecule has 2 aromatic carbocycles. The van der Waals surface area contributed by atoms with Crippen LogP contribution in [0.4, 0.5) is 0 Å². The Balaban J connectivity index is 2.10. The Morgan fingerprint density at radius 3 is 2.48 bits per heavy atom. The molecule has 0 aliphatic rings. The zero-order valence-corrected chi connectivity index (χ0v) is 14.0. The molecule has 0 radical (unpaired) electrons. The highest BCUT2D eigenvalue weighted by atomic mass is 79.9. The molecule has 0 aliphatic carbocycles. The van der Waals surface area contributed by atoms with E-state index in [1.807, 2.05) is 48.5 Å². The van der Waals surface area contributed by atoms with Gasteiger partial charge in [0, 0.05) is 4.47 Å². The van der Waals surface area contributed by atoms with Crippen molar-refractivity contribution in [2.24, 2.45) is 0 Å². The lowest BCUT2D eigenvalue weighted by molar-refractivity contribution is 0.0772. The summed E-state index contributed by atoms with van der Waals surface area (Å²) in [6.45, 7) is 3.58. The first kappa shape index (κ1) is 16.2. The first-order valence-electron chi connectivity index (χ1n) is 7.12. The number of rotatable bonds is 5. The molecule has 2 rings (SSSR count). The first-order chi connectivity index (χ1) is 9.88. The number of hydrogen-bond acceptors (Lipinski definition) is 2. The lowest BCUT2D eigenvalue weighted by Crippen LogP contribution is -2.18. The van der Waals surface area contributed by atoms with Crippen molar-refractivity contribution in [1.82, 2.24) is 0 Å². The van der Waals surface area contributed by atoms with Crippen molar-refractivity contribution in [2.45, 2.75) is 38.4 Å². The van der Waals surface area contributed by atoms with E-state index in [-0.39, 0.29) is 0 Å². The highest BCUT2D eigenvalue weighted by molar-refractivity contribution is 9.10. The van der Waals surface area contributed by atoms with Crippen molar-refractivity contribution in [1.29, 1.82) is 0 Å². The molecular weight excluding hydrogens is 328 g/mol. The summed E-state index contributed by atoms with van der Waals surface area (Å²) in [4.78, 5) is 0. The maximum absolute atomic E-state index is 10.3. The molecule has 0 bridgehead atoms. The third-order valence-corrected chi connectivity index (χ3v) is 4.09. The average Bonchev–Trinajstić information content (AvgIpc) is 2.44. The highest BCUT2D eigenvalue weighted by Gasteiger charge is 2.19. The minimum Gasteiger partial charge on any atom is -0.388 e. The van der Waals surface area contributed by atoms with Crippen LogP contribution in [0.2, 0.25) is 0 Å². The van der Waals surface area contributed by atoms with Crippen LogP contribution >= 0.6 is 15.9 Å². The van der Waals surface area contributed by atoms with Crippen LogP contribution in [0, 0.1) is 0 Å². The van der Waals surface area contributed by atoms with Gasteiger partial charge in [0.15, 0.2) is 0 Å². The molecule has 1 atom stereocenters. The SMILES string of the molecule is CC(C)(O)c1ccccc1CCC(O)c1cccc(Br)c1. The molecule has 2 aromatic rings. The molecular formula is C18H21BrO2. The number of hydrogen-bond donors (Lipinski definition) is 2. The monoisotopic (exact) mass is 348 g/mol. The predicted octanol–water partition coefficient (Wildman–Crippen LogP) is 4.34. The van der Waals surface area contributed by atoms with E-state index in [9.17, 15) is 10.2 Å². The minimum atomic E-state index is -0.864. The Hall–Kier alpha value is -1.16. The van der Waals surface area contributed by atoms with Crippen molar-refractivity contribution in [3.8, 4) is 0 Å². The standard InChI is InChI=1S/C18H21BrO2/c1-18(2,21)16-9-4-3-6-13(16)10-11-17(20)14-7-5-8-15(19)12-14/h3-9,12,17,20-21H,10-11H2,1-2H3. The summed E-state index contributed by atoms with van der Waals surface area (Å²) in [6, 6.07) is 15.6. The van der Waals surface area contributed by atoms with Crippen LogP contribution in [0.25, 0.3) is 0 Å². The summed E-state index contributed by atoms with van der Waals surface area (Å²) in [5, 5.41) is 20.5. The van der Waals surface area contributed by atoms with Crippen LogP contribution in [0.15, 0.2) is 53.0 Å². The van der Waals surface area contributed by atoms with Gasteiger partial charge in [-0.25, -0.2) is 0 Å². The zero-order chi connectivity index (χ0) is 15.5. The highest BCUT2D eigenvalue weighted by Crippen LogP contribution is 2.27. The molecule has 0 fully saturated rings. The molecule has 2 N–H and O–H groups in total. The largest absolute Gasteiger partial charge is 0.388 e. The molecule has 1 unspecified atom stereocenters. The molecule has 0 aliphatic heterocycles. The Bertz CT molecular complexity index is 602. The van der Waals surface area contributed by atoms with E-state index in [0.29, 0.717) is 6.42 Å². The molecule has 2 nitrogen and oxygen atoms in total. The van der Waals surface area contributed by atoms with Crippen LogP contribution in [-0.4, -0.2) is 10.2 Å². The topological polar surface area (TPSA) is 40.5 Å². The van der Waals surface area contributed by atoms with Gasteiger partial charge in [0.2, 0.25) is 0 Å². The van der Waals surface area contributed by atoms with Gasteiger partial charge in [-0.05, 0) is 55.5 Å². The molecule has 3 heteroatoms. The quantitative estimate of drug-likeness (QED) is 0.843. The third kappa shape index (κ3) is 4.40. The van der Waals surface area contributed by atoms with Gasteiger partial charge in [-0.3, -0.25) is 0 Å². The summed E-state index contributed by atoms with van der Waals surface area (Å²) in [7, 11) is 0. The smallest absolute Gasteiger partial charge is 0.0843 e. The molecule has 0 spiro atoms. The second kappa shape index (κ2) is 6.73. The fraction of sp³-hybridized carbons (Fsp3) is 0.333. The van der Waals surface area contributed by atoms with Crippen molar-refractivity contribution in [3.05, 3.63) is 69.7 Å². The van der Waals surface area contributed by atoms with Crippen molar-refractivity contribution < 1.29 is 10.2 Å². The summed E-state index contributed by atoms with van der Waals surface area (Å²) >= 11 is 3.42. The molecule has 0 saturated carbocycles. The molecule has 0 saturated heterocycles. The van der Waals surface area contributed by atoms with Crippen LogP contribution in [0.5, 0.6) is 0 Å². The molecule has 112 valence electrons. The Morgan fingerprint density at radius 1 is 1.10 bits per heavy atom. The van der Waals surface area contributed by atoms with Gasteiger partial charge in [-0.15, -0.1) is 0 Å². The maximum atomic E-state index is 10.3. The molecule has 0 heterocycles. The van der Waals surface area contributed by atoms with Gasteiger partial charge < -0.3 is 10.2 Å². The number of aliphatic hydroxyl groups excluding tert-OH is 1. The molecule has 21 heavy (non-hydrogen) atoms. The maximum Gasteiger partial charge on any atom is 0.0843 e. The van der Waals surface area contributed by atoms with Crippen LogP contribution in [0.3, 0.4) is 0 Å². The van der Waals surface area contributed by atoms with Crippen LogP contribution < -0.4 is 0 Å². The van der Waals surface area contributed by atoms with E-state index in [0.717, 1.165) is 27.6 Å². The van der Waals surface area contributed by atoms with E-state index in [4.69, 9.17) is 0 Å². The number of aliphatic hydroxyl groups is 2. The number of benzene rings is 2. The molecule has 0 amide bonds. The lowest BCUT2D eigenvalue weighted by Gasteiger charge is -2.22. The van der Waals surface area contributed by atoms with Gasteiger partial charge in [0.05, 0.1) is 11.7 Å². The van der Waals surface area contributed by atoms with Crippen molar-refractivity contribution in [3.63, 3.8) is 0 Å². The second-order valence-corrected chi connectivity index (χ2v) is 6.74. The van der Waals surface area contributed by atoms with Gasteiger partial charge in [-0.2, -0.15) is 0 Å². The summed E-state index contributed by atoms with van der Waals surface area (Å²) < 4.78 is 0.968. The van der Waals surface area contributed by atoms with E-state index in [1.54, 1.807) is 13.8 Å². The van der Waals surface area contributed by atoms with Gasteiger partial charge >= 0.3 is 0 Å². The Kier molecular flexibility index (Phi) is 5.20.